The molecule has 1 aliphatic rings. The van der Waals surface area contributed by atoms with Gasteiger partial charge in [0.2, 0.25) is 0 Å². The van der Waals surface area contributed by atoms with Crippen LogP contribution in [0.2, 0.25) is 0 Å². The van der Waals surface area contributed by atoms with Gasteiger partial charge in [-0.25, -0.2) is 0 Å². The molecule has 1 unspecified atom stereocenters. The molecule has 0 aliphatic carbocycles. The second-order valence-corrected chi connectivity index (χ2v) is 7.98. The molecule has 1 atom stereocenters. The predicted octanol–water partition coefficient (Wildman–Crippen LogP) is 5.91. The van der Waals surface area contributed by atoms with Crippen LogP contribution in [-0.4, -0.2) is 6.61 Å². The molecule has 0 radical (unpaired) electrons. The van der Waals surface area contributed by atoms with Gasteiger partial charge in [-0.05, 0) is 35.7 Å². The monoisotopic (exact) mass is 408 g/mol. The highest BCUT2D eigenvalue weighted by Gasteiger charge is 2.32. The molecule has 0 N–H and O–H groups in total. The lowest BCUT2D eigenvalue weighted by atomic mass is 9.85. The van der Waals surface area contributed by atoms with Crippen molar-refractivity contribution >= 4 is 31.9 Å². The van der Waals surface area contributed by atoms with E-state index >= 15 is 0 Å². The maximum absolute atomic E-state index is 5.77. The minimum Gasteiger partial charge on any atom is -0.492 e. The van der Waals surface area contributed by atoms with Gasteiger partial charge in [-0.1, -0.05) is 70.0 Å². The van der Waals surface area contributed by atoms with E-state index < -0.39 is 0 Å². The first-order valence-corrected chi connectivity index (χ1v) is 8.77. The van der Waals surface area contributed by atoms with Gasteiger partial charge in [0, 0.05) is 15.5 Å². The first kappa shape index (κ1) is 15.1. The van der Waals surface area contributed by atoms with E-state index in [4.69, 9.17) is 4.74 Å². The van der Waals surface area contributed by atoms with E-state index in [1.165, 1.54) is 26.7 Å². The normalized spacial score (nSPS) is 17.2. The first-order chi connectivity index (χ1) is 9.90. The van der Waals surface area contributed by atoms with E-state index in [-0.39, 0.29) is 10.2 Å². The van der Waals surface area contributed by atoms with Crippen molar-refractivity contribution in [2.45, 2.75) is 31.0 Å². The van der Waals surface area contributed by atoms with Gasteiger partial charge in [-0.15, -0.1) is 0 Å². The van der Waals surface area contributed by atoms with Crippen LogP contribution < -0.4 is 4.74 Å². The third kappa shape index (κ3) is 2.66. The van der Waals surface area contributed by atoms with Crippen LogP contribution in [0, 0.1) is 6.92 Å². The average molecular weight is 410 g/mol. The smallest absolute Gasteiger partial charge is 0.123 e. The van der Waals surface area contributed by atoms with Crippen LogP contribution >= 0.6 is 31.9 Å². The van der Waals surface area contributed by atoms with Crippen LogP contribution in [0.4, 0.5) is 0 Å². The summed E-state index contributed by atoms with van der Waals surface area (Å²) in [4.78, 5) is 0.175. The fourth-order valence-corrected chi connectivity index (χ4v) is 4.21. The summed E-state index contributed by atoms with van der Waals surface area (Å²) in [6.07, 6.45) is 0. The van der Waals surface area contributed by atoms with Gasteiger partial charge < -0.3 is 4.74 Å². The molecule has 0 bridgehead atoms. The lowest BCUT2D eigenvalue weighted by Crippen LogP contribution is -2.18. The number of fused-ring (bicyclic) bond motifs is 1. The van der Waals surface area contributed by atoms with E-state index in [0.29, 0.717) is 0 Å². The molecule has 1 heterocycles. The Labute approximate surface area is 143 Å². The van der Waals surface area contributed by atoms with Crippen LogP contribution in [0.25, 0.3) is 0 Å². The molecule has 21 heavy (non-hydrogen) atoms. The SMILES string of the molecule is Cc1cccc(C(Br)c2ccc3c(c2)C(C)(C)CO3)c1Br. The summed E-state index contributed by atoms with van der Waals surface area (Å²) in [7, 11) is 0. The van der Waals surface area contributed by atoms with Crippen LogP contribution in [0.5, 0.6) is 5.75 Å². The zero-order valence-corrected chi connectivity index (χ0v) is 15.6. The molecular weight excluding hydrogens is 392 g/mol. The molecule has 0 fully saturated rings. The van der Waals surface area contributed by atoms with Gasteiger partial charge >= 0.3 is 0 Å². The highest BCUT2D eigenvalue weighted by Crippen LogP contribution is 2.43. The van der Waals surface area contributed by atoms with Crippen molar-refractivity contribution in [3.8, 4) is 5.75 Å². The second kappa shape index (κ2) is 5.44. The Kier molecular flexibility index (Phi) is 3.91. The minimum absolute atomic E-state index is 0.0852. The van der Waals surface area contributed by atoms with Crippen molar-refractivity contribution < 1.29 is 4.74 Å². The van der Waals surface area contributed by atoms with Crippen molar-refractivity contribution in [3.05, 3.63) is 63.1 Å². The van der Waals surface area contributed by atoms with Crippen LogP contribution in [0.15, 0.2) is 40.9 Å². The Morgan fingerprint density at radius 2 is 1.95 bits per heavy atom. The van der Waals surface area contributed by atoms with Gasteiger partial charge in [0.15, 0.2) is 0 Å². The standard InChI is InChI=1S/C18H18Br2O/c1-11-5-4-6-13(16(11)19)17(20)12-7-8-15-14(9-12)18(2,3)10-21-15/h4-9,17H,10H2,1-3H3. The third-order valence-corrected chi connectivity index (χ3v) is 6.21. The summed E-state index contributed by atoms with van der Waals surface area (Å²) in [5.74, 6) is 1.02. The zero-order chi connectivity index (χ0) is 15.2. The number of benzene rings is 2. The van der Waals surface area contributed by atoms with Crippen LogP contribution in [-0.2, 0) is 5.41 Å². The number of rotatable bonds is 2. The number of ether oxygens (including phenoxy) is 1. The number of hydrogen-bond donors (Lipinski definition) is 0. The fourth-order valence-electron chi connectivity index (χ4n) is 2.74. The van der Waals surface area contributed by atoms with Crippen molar-refractivity contribution in [1.29, 1.82) is 0 Å². The Hall–Kier alpha value is -0.800. The molecule has 3 heteroatoms. The largest absolute Gasteiger partial charge is 0.492 e. The Bertz CT molecular complexity index is 692. The number of hydrogen-bond acceptors (Lipinski definition) is 1. The first-order valence-electron chi connectivity index (χ1n) is 7.06. The molecule has 2 aromatic rings. The predicted molar refractivity (Wildman–Crippen MR) is 94.6 cm³/mol. The summed E-state index contributed by atoms with van der Waals surface area (Å²) in [5, 5.41) is 0. The van der Waals surface area contributed by atoms with Crippen LogP contribution in [0.3, 0.4) is 0 Å². The quantitative estimate of drug-likeness (QED) is 0.560. The van der Waals surface area contributed by atoms with Gasteiger partial charge in [0.1, 0.15) is 5.75 Å². The third-order valence-electron chi connectivity index (χ3n) is 4.11. The summed E-state index contributed by atoms with van der Waals surface area (Å²) >= 11 is 7.56. The highest BCUT2D eigenvalue weighted by atomic mass is 79.9. The molecule has 110 valence electrons. The molecule has 0 spiro atoms. The summed E-state index contributed by atoms with van der Waals surface area (Å²) < 4.78 is 6.94. The van der Waals surface area contributed by atoms with E-state index in [9.17, 15) is 0 Å². The van der Waals surface area contributed by atoms with Gasteiger partial charge in [0.25, 0.3) is 0 Å². The molecule has 2 aromatic carbocycles. The van der Waals surface area contributed by atoms with E-state index in [0.717, 1.165) is 12.4 Å². The maximum Gasteiger partial charge on any atom is 0.123 e. The van der Waals surface area contributed by atoms with Crippen molar-refractivity contribution in [1.82, 2.24) is 0 Å². The number of aryl methyl sites for hydroxylation is 1. The number of halogens is 2. The van der Waals surface area contributed by atoms with Gasteiger partial charge in [0.05, 0.1) is 11.4 Å². The van der Waals surface area contributed by atoms with E-state index in [1.54, 1.807) is 0 Å². The van der Waals surface area contributed by atoms with Crippen molar-refractivity contribution in [2.75, 3.05) is 6.61 Å². The average Bonchev–Trinajstić information content (AvgIpc) is 2.76. The van der Waals surface area contributed by atoms with Crippen molar-refractivity contribution in [2.24, 2.45) is 0 Å². The minimum atomic E-state index is 0.0852. The van der Waals surface area contributed by atoms with Gasteiger partial charge in [-0.2, -0.15) is 0 Å². The molecule has 0 saturated carbocycles. The summed E-state index contributed by atoms with van der Waals surface area (Å²) in [5.41, 5.74) is 5.15. The summed E-state index contributed by atoms with van der Waals surface area (Å²) in [6.45, 7) is 7.34. The lowest BCUT2D eigenvalue weighted by molar-refractivity contribution is 0.291. The Balaban J connectivity index is 2.03. The second-order valence-electron chi connectivity index (χ2n) is 6.27. The Morgan fingerprint density at radius 3 is 2.71 bits per heavy atom. The molecule has 1 nitrogen and oxygen atoms in total. The molecule has 0 saturated heterocycles. The topological polar surface area (TPSA) is 9.23 Å². The fraction of sp³-hybridized carbons (Fsp3) is 0.333. The highest BCUT2D eigenvalue weighted by molar-refractivity contribution is 9.11. The molecule has 3 rings (SSSR count). The molecule has 0 amide bonds. The number of alkyl halides is 1. The lowest BCUT2D eigenvalue weighted by Gasteiger charge is -2.18. The molecule has 1 aliphatic heterocycles. The zero-order valence-electron chi connectivity index (χ0n) is 12.4. The van der Waals surface area contributed by atoms with Gasteiger partial charge in [-0.3, -0.25) is 0 Å². The molecule has 0 aromatic heterocycles. The summed E-state index contributed by atoms with van der Waals surface area (Å²) in [6, 6.07) is 12.9. The van der Waals surface area contributed by atoms with E-state index in [1.807, 2.05) is 0 Å². The van der Waals surface area contributed by atoms with E-state index in [2.05, 4.69) is 89.0 Å². The van der Waals surface area contributed by atoms with Crippen LogP contribution in [0.1, 0.15) is 40.9 Å². The molecular formula is C18H18Br2O. The maximum atomic E-state index is 5.77. The Morgan fingerprint density at radius 1 is 1.19 bits per heavy atom. The van der Waals surface area contributed by atoms with Crippen molar-refractivity contribution in [3.63, 3.8) is 0 Å².